The van der Waals surface area contributed by atoms with Crippen molar-refractivity contribution in [2.75, 3.05) is 0 Å². The summed E-state index contributed by atoms with van der Waals surface area (Å²) in [6.07, 6.45) is 6.74. The summed E-state index contributed by atoms with van der Waals surface area (Å²) in [5.41, 5.74) is 1.03. The predicted octanol–water partition coefficient (Wildman–Crippen LogP) is 5.21. The van der Waals surface area contributed by atoms with Crippen molar-refractivity contribution in [3.63, 3.8) is 0 Å². The Morgan fingerprint density at radius 2 is 2.00 bits per heavy atom. The van der Waals surface area contributed by atoms with E-state index in [0.717, 1.165) is 24.8 Å². The first-order valence-electron chi connectivity index (χ1n) is 6.23. The van der Waals surface area contributed by atoms with E-state index in [1.165, 1.54) is 19.3 Å². The molecule has 2 unspecified atom stereocenters. The van der Waals surface area contributed by atoms with Gasteiger partial charge in [0.2, 0.25) is 0 Å². The van der Waals surface area contributed by atoms with Crippen molar-refractivity contribution in [3.05, 3.63) is 34.6 Å². The van der Waals surface area contributed by atoms with Crippen LogP contribution >= 0.6 is 23.2 Å². The predicted molar refractivity (Wildman–Crippen MR) is 71.3 cm³/mol. The van der Waals surface area contributed by atoms with Gasteiger partial charge in [0.1, 0.15) is 5.82 Å². The highest BCUT2D eigenvalue weighted by atomic mass is 35.5. The van der Waals surface area contributed by atoms with Gasteiger partial charge in [-0.1, -0.05) is 36.9 Å². The maximum absolute atomic E-state index is 13.3. The molecule has 0 aliphatic heterocycles. The van der Waals surface area contributed by atoms with Crippen molar-refractivity contribution in [2.24, 2.45) is 5.92 Å². The minimum Gasteiger partial charge on any atom is -0.205 e. The van der Waals surface area contributed by atoms with Gasteiger partial charge in [0.25, 0.3) is 0 Å². The fourth-order valence-corrected chi connectivity index (χ4v) is 3.11. The molecule has 0 spiro atoms. The third kappa shape index (κ3) is 3.86. The summed E-state index contributed by atoms with van der Waals surface area (Å²) in [7, 11) is 0. The Morgan fingerprint density at radius 1 is 1.24 bits per heavy atom. The molecule has 17 heavy (non-hydrogen) atoms. The fraction of sp³-hybridized carbons (Fsp3) is 0.571. The summed E-state index contributed by atoms with van der Waals surface area (Å²) in [5, 5.41) is 0.490. The van der Waals surface area contributed by atoms with Crippen molar-refractivity contribution in [2.45, 2.75) is 43.9 Å². The summed E-state index contributed by atoms with van der Waals surface area (Å²) in [5.74, 6) is 0.265. The molecular formula is C14H17Cl2F. The molecule has 0 heterocycles. The fourth-order valence-electron chi connectivity index (χ4n) is 2.58. The summed E-state index contributed by atoms with van der Waals surface area (Å²) >= 11 is 11.9. The number of hydrogen-bond donors (Lipinski definition) is 0. The quantitative estimate of drug-likeness (QED) is 0.513. The molecule has 0 radical (unpaired) electrons. The van der Waals surface area contributed by atoms with E-state index < -0.39 is 0 Å². The third-order valence-electron chi connectivity index (χ3n) is 3.48. The Labute approximate surface area is 112 Å². The van der Waals surface area contributed by atoms with Crippen molar-refractivity contribution < 1.29 is 4.39 Å². The number of hydrogen-bond acceptors (Lipinski definition) is 0. The Kier molecular flexibility index (Phi) is 4.69. The van der Waals surface area contributed by atoms with Crippen LogP contribution in [0, 0.1) is 11.7 Å². The maximum Gasteiger partial charge on any atom is 0.142 e. The van der Waals surface area contributed by atoms with Gasteiger partial charge in [-0.3, -0.25) is 0 Å². The molecule has 0 aromatic heterocycles. The molecule has 2 rings (SSSR count). The van der Waals surface area contributed by atoms with Crippen LogP contribution < -0.4 is 0 Å². The normalized spacial score (nSPS) is 25.6. The lowest BCUT2D eigenvalue weighted by atomic mass is 9.92. The Hall–Kier alpha value is -0.270. The Bertz CT molecular complexity index is 378. The van der Waals surface area contributed by atoms with Crippen LogP contribution in [0.2, 0.25) is 5.02 Å². The van der Waals surface area contributed by atoms with Crippen LogP contribution in [-0.2, 0) is 6.42 Å². The Morgan fingerprint density at radius 3 is 2.76 bits per heavy atom. The van der Waals surface area contributed by atoms with E-state index in [-0.39, 0.29) is 10.8 Å². The van der Waals surface area contributed by atoms with Gasteiger partial charge in [0.15, 0.2) is 0 Å². The second kappa shape index (κ2) is 6.06. The summed E-state index contributed by atoms with van der Waals surface area (Å²) in [6.45, 7) is 0. The average Bonchev–Trinajstić information content (AvgIpc) is 2.48. The van der Waals surface area contributed by atoms with Crippen molar-refractivity contribution in [1.82, 2.24) is 0 Å². The SMILES string of the molecule is Fc1cc(CC2CCCCC(Cl)C2)ccc1Cl. The minimum atomic E-state index is -0.319. The topological polar surface area (TPSA) is 0 Å². The van der Waals surface area contributed by atoms with E-state index in [0.29, 0.717) is 11.3 Å². The third-order valence-corrected chi connectivity index (χ3v) is 4.18. The molecule has 94 valence electrons. The first-order chi connectivity index (χ1) is 8.15. The van der Waals surface area contributed by atoms with E-state index in [1.54, 1.807) is 12.1 Å². The van der Waals surface area contributed by atoms with Crippen LogP contribution in [0.25, 0.3) is 0 Å². The smallest absolute Gasteiger partial charge is 0.142 e. The molecule has 1 aromatic rings. The van der Waals surface area contributed by atoms with Crippen LogP contribution in [-0.4, -0.2) is 5.38 Å². The molecular weight excluding hydrogens is 258 g/mol. The second-order valence-corrected chi connectivity index (χ2v) is 5.96. The molecule has 0 bridgehead atoms. The number of alkyl halides is 1. The van der Waals surface area contributed by atoms with Gasteiger partial charge in [0.05, 0.1) is 5.02 Å². The molecule has 0 nitrogen and oxygen atoms in total. The standard InChI is InChI=1S/C14H17Cl2F/c15-12-4-2-1-3-10(8-12)7-11-5-6-13(16)14(17)9-11/h5-6,9-10,12H,1-4,7-8H2. The molecule has 0 N–H and O–H groups in total. The van der Waals surface area contributed by atoms with E-state index in [2.05, 4.69) is 0 Å². The molecule has 1 aliphatic rings. The number of benzene rings is 1. The zero-order valence-corrected chi connectivity index (χ0v) is 11.3. The lowest BCUT2D eigenvalue weighted by Crippen LogP contribution is -2.08. The van der Waals surface area contributed by atoms with Gasteiger partial charge in [-0.05, 0) is 42.9 Å². The summed E-state index contributed by atoms with van der Waals surface area (Å²) in [6, 6.07) is 5.11. The van der Waals surface area contributed by atoms with Crippen molar-refractivity contribution in [1.29, 1.82) is 0 Å². The van der Waals surface area contributed by atoms with E-state index in [4.69, 9.17) is 23.2 Å². The van der Waals surface area contributed by atoms with Gasteiger partial charge >= 0.3 is 0 Å². The lowest BCUT2D eigenvalue weighted by molar-refractivity contribution is 0.459. The van der Waals surface area contributed by atoms with Gasteiger partial charge in [-0.15, -0.1) is 11.6 Å². The molecule has 1 aromatic carbocycles. The zero-order valence-electron chi connectivity index (χ0n) is 9.76. The van der Waals surface area contributed by atoms with E-state index in [9.17, 15) is 4.39 Å². The molecule has 3 heteroatoms. The first kappa shape index (κ1) is 13.2. The van der Waals surface area contributed by atoms with Gasteiger partial charge < -0.3 is 0 Å². The molecule has 0 saturated heterocycles. The summed E-state index contributed by atoms with van der Waals surface area (Å²) < 4.78 is 13.3. The van der Waals surface area contributed by atoms with Gasteiger partial charge in [-0.2, -0.15) is 0 Å². The first-order valence-corrected chi connectivity index (χ1v) is 7.04. The molecule has 2 atom stereocenters. The molecule has 1 fully saturated rings. The van der Waals surface area contributed by atoms with E-state index >= 15 is 0 Å². The van der Waals surface area contributed by atoms with Crippen LogP contribution in [0.1, 0.15) is 37.7 Å². The lowest BCUT2D eigenvalue weighted by Gasteiger charge is -2.16. The molecule has 1 saturated carbocycles. The number of rotatable bonds is 2. The highest BCUT2D eigenvalue weighted by Gasteiger charge is 2.19. The Balaban J connectivity index is 2.01. The van der Waals surface area contributed by atoms with Crippen LogP contribution in [0.3, 0.4) is 0 Å². The highest BCUT2D eigenvalue weighted by molar-refractivity contribution is 6.30. The zero-order chi connectivity index (χ0) is 12.3. The van der Waals surface area contributed by atoms with Gasteiger partial charge in [-0.25, -0.2) is 4.39 Å². The van der Waals surface area contributed by atoms with Crippen LogP contribution in [0.4, 0.5) is 4.39 Å². The van der Waals surface area contributed by atoms with Crippen LogP contribution in [0.15, 0.2) is 18.2 Å². The van der Waals surface area contributed by atoms with E-state index in [1.807, 2.05) is 6.07 Å². The van der Waals surface area contributed by atoms with Gasteiger partial charge in [0, 0.05) is 5.38 Å². The minimum absolute atomic E-state index is 0.199. The average molecular weight is 275 g/mol. The second-order valence-electron chi connectivity index (χ2n) is 4.94. The highest BCUT2D eigenvalue weighted by Crippen LogP contribution is 2.29. The largest absolute Gasteiger partial charge is 0.205 e. The molecule has 1 aliphatic carbocycles. The summed E-state index contributed by atoms with van der Waals surface area (Å²) in [4.78, 5) is 0. The number of halogens is 3. The maximum atomic E-state index is 13.3. The van der Waals surface area contributed by atoms with Crippen molar-refractivity contribution in [3.8, 4) is 0 Å². The van der Waals surface area contributed by atoms with Crippen LogP contribution in [0.5, 0.6) is 0 Å². The van der Waals surface area contributed by atoms with Crippen molar-refractivity contribution >= 4 is 23.2 Å². The molecule has 0 amide bonds. The monoisotopic (exact) mass is 274 g/mol.